The average molecular weight is 591 g/mol. The lowest BCUT2D eigenvalue weighted by Gasteiger charge is -2.55. The standard InChI is InChI=1S/C35H46N2O6/c1-21(2)22(3)7-8-23(4)30-11-12-31-29-10-9-25-19-28(13-15-34(25,5)32(29)14-16-35(30,31)6)43-33(38)24-17-26(36(39)40)20-27(18-24)37(41)42/h7-10,17-18,20-23,28,30-32H,11-16,19H2,1-6H3/t22-,23+,28-,30+,31-,32+,34-,35+/m0/s1. The van der Waals surface area contributed by atoms with Crippen LogP contribution in [0.1, 0.15) is 96.8 Å². The molecule has 3 saturated carbocycles. The Morgan fingerprint density at radius 2 is 1.58 bits per heavy atom. The van der Waals surface area contributed by atoms with Crippen molar-refractivity contribution in [2.75, 3.05) is 0 Å². The van der Waals surface area contributed by atoms with Gasteiger partial charge in [0.15, 0.2) is 0 Å². The molecule has 1 aromatic rings. The lowest BCUT2D eigenvalue weighted by Crippen LogP contribution is -2.46. The lowest BCUT2D eigenvalue weighted by molar-refractivity contribution is -0.394. The van der Waals surface area contributed by atoms with Crippen molar-refractivity contribution in [2.24, 2.45) is 46.3 Å². The van der Waals surface area contributed by atoms with Crippen LogP contribution < -0.4 is 0 Å². The Balaban J connectivity index is 1.31. The Kier molecular flexibility index (Phi) is 8.45. The Bertz CT molecular complexity index is 1360. The first-order valence-corrected chi connectivity index (χ1v) is 16.0. The number of hydrogen-bond donors (Lipinski definition) is 0. The number of ether oxygens (including phenoxy) is 1. The summed E-state index contributed by atoms with van der Waals surface area (Å²) in [5, 5.41) is 22.6. The molecule has 5 rings (SSSR count). The quantitative estimate of drug-likeness (QED) is 0.129. The Morgan fingerprint density at radius 3 is 2.21 bits per heavy atom. The van der Waals surface area contributed by atoms with Crippen molar-refractivity contribution >= 4 is 17.3 Å². The molecule has 0 aromatic heterocycles. The maximum Gasteiger partial charge on any atom is 0.338 e. The van der Waals surface area contributed by atoms with Crippen molar-refractivity contribution in [3.63, 3.8) is 0 Å². The van der Waals surface area contributed by atoms with Crippen LogP contribution in [0.4, 0.5) is 11.4 Å². The van der Waals surface area contributed by atoms with Gasteiger partial charge in [0.2, 0.25) is 0 Å². The number of nitrogens with zero attached hydrogens (tertiary/aromatic N) is 2. The molecule has 3 fully saturated rings. The topological polar surface area (TPSA) is 113 Å². The van der Waals surface area contributed by atoms with E-state index in [-0.39, 0.29) is 17.1 Å². The van der Waals surface area contributed by atoms with E-state index in [0.29, 0.717) is 53.8 Å². The fourth-order valence-electron chi connectivity index (χ4n) is 8.82. The van der Waals surface area contributed by atoms with Crippen LogP contribution >= 0.6 is 0 Å². The van der Waals surface area contributed by atoms with Crippen LogP contribution in [0.5, 0.6) is 0 Å². The summed E-state index contributed by atoms with van der Waals surface area (Å²) < 4.78 is 5.80. The molecule has 4 aliphatic rings. The number of fused-ring (bicyclic) bond motifs is 5. The summed E-state index contributed by atoms with van der Waals surface area (Å²) in [4.78, 5) is 34.1. The number of benzene rings is 1. The summed E-state index contributed by atoms with van der Waals surface area (Å²) in [5.74, 6) is 2.83. The molecule has 8 nitrogen and oxygen atoms in total. The van der Waals surface area contributed by atoms with Crippen LogP contribution in [0.25, 0.3) is 0 Å². The second kappa shape index (κ2) is 11.7. The zero-order chi connectivity index (χ0) is 31.3. The van der Waals surface area contributed by atoms with E-state index in [1.54, 1.807) is 5.57 Å². The Hall–Kier alpha value is -3.29. The minimum Gasteiger partial charge on any atom is -0.458 e. The first-order valence-electron chi connectivity index (χ1n) is 16.0. The number of rotatable bonds is 8. The van der Waals surface area contributed by atoms with Crippen LogP contribution in [0.2, 0.25) is 0 Å². The van der Waals surface area contributed by atoms with E-state index in [1.807, 2.05) is 0 Å². The summed E-state index contributed by atoms with van der Waals surface area (Å²) in [6.07, 6.45) is 16.3. The van der Waals surface area contributed by atoms with Gasteiger partial charge >= 0.3 is 5.97 Å². The van der Waals surface area contributed by atoms with Gasteiger partial charge in [-0.05, 0) is 84.9 Å². The highest BCUT2D eigenvalue weighted by Crippen LogP contribution is 2.66. The molecule has 1 aromatic carbocycles. The van der Waals surface area contributed by atoms with Crippen molar-refractivity contribution in [3.05, 3.63) is 79.4 Å². The third kappa shape index (κ3) is 5.69. The van der Waals surface area contributed by atoms with Gasteiger partial charge in [0.25, 0.3) is 11.4 Å². The molecule has 232 valence electrons. The average Bonchev–Trinajstić information content (AvgIpc) is 3.32. The molecule has 8 atom stereocenters. The SMILES string of the molecule is CC(C)[C@@H](C)C=C[C@@H](C)[C@H]1CC[C@H]2C3=CC=C4C[C@@H](OC(=O)c5cc([N+](=O)[O-])cc([N+](=O)[O-])c5)CC[C@]4(C)[C@@H]3CC[C@]12C. The van der Waals surface area contributed by atoms with E-state index >= 15 is 0 Å². The number of non-ortho nitro benzene ring substituents is 2. The molecule has 0 heterocycles. The highest BCUT2D eigenvalue weighted by molar-refractivity contribution is 5.91. The minimum atomic E-state index is -0.760. The van der Waals surface area contributed by atoms with E-state index in [9.17, 15) is 25.0 Å². The van der Waals surface area contributed by atoms with Gasteiger partial charge in [-0.15, -0.1) is 0 Å². The van der Waals surface area contributed by atoms with Gasteiger partial charge in [0, 0.05) is 18.6 Å². The fourth-order valence-corrected chi connectivity index (χ4v) is 8.82. The normalized spacial score (nSPS) is 33.1. The van der Waals surface area contributed by atoms with Crippen LogP contribution in [0.3, 0.4) is 0 Å². The third-order valence-corrected chi connectivity index (χ3v) is 11.8. The number of carbonyl (C=O) groups excluding carboxylic acids is 1. The number of carbonyl (C=O) groups is 1. The van der Waals surface area contributed by atoms with Crippen LogP contribution in [-0.2, 0) is 4.74 Å². The highest BCUT2D eigenvalue weighted by Gasteiger charge is 2.57. The molecule has 0 radical (unpaired) electrons. The lowest BCUT2D eigenvalue weighted by atomic mass is 9.50. The minimum absolute atomic E-state index is 0.0228. The van der Waals surface area contributed by atoms with Crippen molar-refractivity contribution in [1.29, 1.82) is 0 Å². The molecule has 0 amide bonds. The van der Waals surface area contributed by atoms with Gasteiger partial charge in [-0.1, -0.05) is 77.0 Å². The third-order valence-electron chi connectivity index (χ3n) is 11.8. The molecule has 0 N–H and O–H groups in total. The van der Waals surface area contributed by atoms with Gasteiger partial charge in [0.1, 0.15) is 6.10 Å². The predicted molar refractivity (Wildman–Crippen MR) is 166 cm³/mol. The van der Waals surface area contributed by atoms with Gasteiger partial charge in [-0.25, -0.2) is 4.79 Å². The number of nitro benzene ring substituents is 2. The summed E-state index contributed by atoms with van der Waals surface area (Å²) in [6.45, 7) is 14.2. The molecule has 0 bridgehead atoms. The number of allylic oxidation sites excluding steroid dienone is 5. The van der Waals surface area contributed by atoms with Crippen LogP contribution in [0, 0.1) is 66.6 Å². The number of esters is 1. The van der Waals surface area contributed by atoms with E-state index in [1.165, 1.54) is 31.3 Å². The molecule has 4 aliphatic carbocycles. The molecule has 0 saturated heterocycles. The second-order valence-electron chi connectivity index (χ2n) is 14.5. The zero-order valence-electron chi connectivity index (χ0n) is 26.4. The van der Waals surface area contributed by atoms with Crippen molar-refractivity contribution in [3.8, 4) is 0 Å². The summed E-state index contributed by atoms with van der Waals surface area (Å²) in [5.41, 5.74) is 2.08. The van der Waals surface area contributed by atoms with Gasteiger partial charge in [0.05, 0.1) is 21.5 Å². The van der Waals surface area contributed by atoms with Gasteiger partial charge < -0.3 is 4.74 Å². The van der Waals surface area contributed by atoms with E-state index < -0.39 is 27.2 Å². The smallest absolute Gasteiger partial charge is 0.338 e. The Morgan fingerprint density at radius 1 is 0.907 bits per heavy atom. The molecule has 0 aliphatic heterocycles. The maximum atomic E-state index is 13.0. The molecule has 0 unspecified atom stereocenters. The maximum absolute atomic E-state index is 13.0. The van der Waals surface area contributed by atoms with Crippen LogP contribution in [0.15, 0.2) is 53.6 Å². The predicted octanol–water partition coefficient (Wildman–Crippen LogP) is 9.01. The van der Waals surface area contributed by atoms with Gasteiger partial charge in [-0.3, -0.25) is 20.2 Å². The monoisotopic (exact) mass is 590 g/mol. The molecular weight excluding hydrogens is 544 g/mol. The summed E-state index contributed by atoms with van der Waals surface area (Å²) in [7, 11) is 0. The molecule has 43 heavy (non-hydrogen) atoms. The largest absolute Gasteiger partial charge is 0.458 e. The van der Waals surface area contributed by atoms with Crippen LogP contribution in [-0.4, -0.2) is 21.9 Å². The van der Waals surface area contributed by atoms with E-state index in [2.05, 4.69) is 65.8 Å². The van der Waals surface area contributed by atoms with Crippen molar-refractivity contribution in [1.82, 2.24) is 0 Å². The van der Waals surface area contributed by atoms with E-state index in [0.717, 1.165) is 24.6 Å². The zero-order valence-corrected chi connectivity index (χ0v) is 26.4. The summed E-state index contributed by atoms with van der Waals surface area (Å²) in [6, 6.07) is 2.95. The van der Waals surface area contributed by atoms with Gasteiger partial charge in [-0.2, -0.15) is 0 Å². The molecule has 0 spiro atoms. The van der Waals surface area contributed by atoms with Crippen molar-refractivity contribution in [2.45, 2.75) is 92.6 Å². The molecular formula is C35H46N2O6. The first kappa shape index (κ1) is 31.1. The Labute approximate surface area is 255 Å². The second-order valence-corrected chi connectivity index (χ2v) is 14.5. The number of nitro groups is 2. The first-order chi connectivity index (χ1) is 20.2. The highest BCUT2D eigenvalue weighted by atomic mass is 16.6. The summed E-state index contributed by atoms with van der Waals surface area (Å²) >= 11 is 0. The molecule has 8 heteroatoms. The van der Waals surface area contributed by atoms with Crippen molar-refractivity contribution < 1.29 is 19.4 Å². The number of hydrogen-bond acceptors (Lipinski definition) is 6. The van der Waals surface area contributed by atoms with E-state index in [4.69, 9.17) is 4.74 Å². The fraction of sp³-hybridized carbons (Fsp3) is 0.629.